The molecule has 0 fully saturated rings. The van der Waals surface area contributed by atoms with Gasteiger partial charge in [-0.05, 0) is 54.0 Å². The summed E-state index contributed by atoms with van der Waals surface area (Å²) in [5.74, 6) is 0. The summed E-state index contributed by atoms with van der Waals surface area (Å²) in [7, 11) is 0. The summed E-state index contributed by atoms with van der Waals surface area (Å²) >= 11 is 7.57. The molecule has 3 rings (SSSR count). The fourth-order valence-corrected chi connectivity index (χ4v) is 4.26. The Balaban J connectivity index is 2.00. The number of aryl methyl sites for hydroxylation is 3. The molecule has 2 heteroatoms. The smallest absolute Gasteiger partial charge is 0.0655 e. The number of hydrogen-bond donors (Lipinski definition) is 0. The summed E-state index contributed by atoms with van der Waals surface area (Å²) in [6.07, 6.45) is 3.79. The Morgan fingerprint density at radius 3 is 2.68 bits per heavy atom. The van der Waals surface area contributed by atoms with Gasteiger partial charge >= 0.3 is 0 Å². The Bertz CT molecular complexity index is 617. The summed E-state index contributed by atoms with van der Waals surface area (Å²) in [4.78, 5) is 0.257. The number of rotatable bonds is 2. The van der Waals surface area contributed by atoms with Gasteiger partial charge in [-0.3, -0.25) is 0 Å². The average Bonchev–Trinajstić information content (AvgIpc) is 2.88. The van der Waals surface area contributed by atoms with Crippen LogP contribution in [0.2, 0.25) is 0 Å². The van der Waals surface area contributed by atoms with E-state index in [-0.39, 0.29) is 4.83 Å². The fraction of sp³-hybridized carbons (Fsp3) is 0.294. The fourth-order valence-electron chi connectivity index (χ4n) is 2.79. The Morgan fingerprint density at radius 2 is 1.84 bits per heavy atom. The first kappa shape index (κ1) is 13.4. The molecule has 1 unspecified atom stereocenters. The van der Waals surface area contributed by atoms with Crippen molar-refractivity contribution in [1.82, 2.24) is 0 Å². The predicted molar refractivity (Wildman–Crippen MR) is 88.1 cm³/mol. The Kier molecular flexibility index (Phi) is 3.81. The molecule has 0 bridgehead atoms. The molecular formula is C17H16Br2. The van der Waals surface area contributed by atoms with Gasteiger partial charge in [0, 0.05) is 4.47 Å². The summed E-state index contributed by atoms with van der Waals surface area (Å²) in [6, 6.07) is 13.4. The van der Waals surface area contributed by atoms with Crippen molar-refractivity contribution in [2.45, 2.75) is 31.0 Å². The van der Waals surface area contributed by atoms with E-state index in [2.05, 4.69) is 75.2 Å². The predicted octanol–water partition coefficient (Wildman–Crippen LogP) is 5.73. The SMILES string of the molecule is Cc1cccc(C(Br)c2ccc3c(c2)CCC3)c1Br. The van der Waals surface area contributed by atoms with Gasteiger partial charge in [0.1, 0.15) is 0 Å². The topological polar surface area (TPSA) is 0 Å². The van der Waals surface area contributed by atoms with E-state index >= 15 is 0 Å². The molecule has 0 saturated carbocycles. The monoisotopic (exact) mass is 378 g/mol. The van der Waals surface area contributed by atoms with Gasteiger partial charge < -0.3 is 0 Å². The molecule has 2 aromatic rings. The lowest BCUT2D eigenvalue weighted by Crippen LogP contribution is -1.97. The molecule has 0 radical (unpaired) electrons. The molecule has 1 atom stereocenters. The van der Waals surface area contributed by atoms with E-state index in [1.165, 1.54) is 51.6 Å². The molecule has 0 N–H and O–H groups in total. The molecule has 0 aliphatic heterocycles. The third-order valence-electron chi connectivity index (χ3n) is 3.91. The van der Waals surface area contributed by atoms with E-state index in [0.29, 0.717) is 0 Å². The van der Waals surface area contributed by atoms with Gasteiger partial charge in [-0.2, -0.15) is 0 Å². The van der Waals surface area contributed by atoms with Crippen LogP contribution in [0.15, 0.2) is 40.9 Å². The van der Waals surface area contributed by atoms with Crippen molar-refractivity contribution in [3.8, 4) is 0 Å². The molecule has 0 spiro atoms. The number of fused-ring (bicyclic) bond motifs is 1. The second-order valence-corrected chi connectivity index (χ2v) is 6.93. The molecule has 1 aliphatic carbocycles. The molecule has 0 aromatic heterocycles. The average molecular weight is 380 g/mol. The lowest BCUT2D eigenvalue weighted by molar-refractivity contribution is 0.911. The highest BCUT2D eigenvalue weighted by molar-refractivity contribution is 9.11. The molecule has 2 aromatic carbocycles. The third kappa shape index (κ3) is 2.53. The number of halogens is 2. The Labute approximate surface area is 131 Å². The van der Waals surface area contributed by atoms with Gasteiger partial charge in [0.25, 0.3) is 0 Å². The van der Waals surface area contributed by atoms with Crippen LogP contribution in [0.25, 0.3) is 0 Å². The van der Waals surface area contributed by atoms with Crippen LogP contribution in [0.5, 0.6) is 0 Å². The zero-order valence-corrected chi connectivity index (χ0v) is 14.1. The van der Waals surface area contributed by atoms with Crippen LogP contribution in [0, 0.1) is 6.92 Å². The molecule has 98 valence electrons. The summed E-state index contributed by atoms with van der Waals surface area (Å²) in [6.45, 7) is 2.13. The Hall–Kier alpha value is -0.600. The van der Waals surface area contributed by atoms with Crippen LogP contribution in [0.4, 0.5) is 0 Å². The van der Waals surface area contributed by atoms with Crippen molar-refractivity contribution in [1.29, 1.82) is 0 Å². The zero-order chi connectivity index (χ0) is 13.4. The normalized spacial score (nSPS) is 15.3. The van der Waals surface area contributed by atoms with E-state index < -0.39 is 0 Å². The largest absolute Gasteiger partial charge is 0.0786 e. The molecule has 0 nitrogen and oxygen atoms in total. The molecule has 0 saturated heterocycles. The second kappa shape index (κ2) is 5.41. The van der Waals surface area contributed by atoms with E-state index in [9.17, 15) is 0 Å². The maximum Gasteiger partial charge on any atom is 0.0655 e. The molecular weight excluding hydrogens is 364 g/mol. The minimum atomic E-state index is 0.257. The summed E-state index contributed by atoms with van der Waals surface area (Å²) < 4.78 is 1.21. The lowest BCUT2D eigenvalue weighted by atomic mass is 9.99. The van der Waals surface area contributed by atoms with Crippen molar-refractivity contribution in [2.24, 2.45) is 0 Å². The van der Waals surface area contributed by atoms with Crippen molar-refractivity contribution >= 4 is 31.9 Å². The van der Waals surface area contributed by atoms with Crippen LogP contribution < -0.4 is 0 Å². The van der Waals surface area contributed by atoms with Gasteiger partial charge in [-0.1, -0.05) is 68.3 Å². The van der Waals surface area contributed by atoms with Crippen LogP contribution in [-0.4, -0.2) is 0 Å². The molecule has 19 heavy (non-hydrogen) atoms. The van der Waals surface area contributed by atoms with Crippen LogP contribution in [0.1, 0.15) is 39.1 Å². The van der Waals surface area contributed by atoms with Gasteiger partial charge in [0.15, 0.2) is 0 Å². The number of hydrogen-bond acceptors (Lipinski definition) is 0. The highest BCUT2D eigenvalue weighted by Crippen LogP contribution is 2.38. The van der Waals surface area contributed by atoms with E-state index in [4.69, 9.17) is 0 Å². The van der Waals surface area contributed by atoms with Gasteiger partial charge in [0.05, 0.1) is 4.83 Å². The summed E-state index contributed by atoms with van der Waals surface area (Å²) in [5.41, 5.74) is 7.01. The van der Waals surface area contributed by atoms with Gasteiger partial charge in [-0.15, -0.1) is 0 Å². The Morgan fingerprint density at radius 1 is 1.05 bits per heavy atom. The summed E-state index contributed by atoms with van der Waals surface area (Å²) in [5, 5.41) is 0. The van der Waals surface area contributed by atoms with Gasteiger partial charge in [0.2, 0.25) is 0 Å². The maximum absolute atomic E-state index is 3.86. The van der Waals surface area contributed by atoms with Crippen LogP contribution >= 0.6 is 31.9 Å². The van der Waals surface area contributed by atoms with Gasteiger partial charge in [-0.25, -0.2) is 0 Å². The highest BCUT2D eigenvalue weighted by atomic mass is 79.9. The van der Waals surface area contributed by atoms with E-state index in [1.54, 1.807) is 0 Å². The third-order valence-corrected chi connectivity index (χ3v) is 6.02. The maximum atomic E-state index is 3.86. The quantitative estimate of drug-likeness (QED) is 0.584. The van der Waals surface area contributed by atoms with Crippen molar-refractivity contribution < 1.29 is 0 Å². The first-order valence-electron chi connectivity index (χ1n) is 6.67. The first-order chi connectivity index (χ1) is 9.16. The van der Waals surface area contributed by atoms with Crippen molar-refractivity contribution in [3.05, 3.63) is 68.7 Å². The molecule has 1 aliphatic rings. The highest BCUT2D eigenvalue weighted by Gasteiger charge is 2.17. The first-order valence-corrected chi connectivity index (χ1v) is 8.38. The van der Waals surface area contributed by atoms with E-state index in [0.717, 1.165) is 0 Å². The minimum Gasteiger partial charge on any atom is -0.0786 e. The molecule has 0 heterocycles. The second-order valence-electron chi connectivity index (χ2n) is 5.22. The van der Waals surface area contributed by atoms with Crippen molar-refractivity contribution in [3.63, 3.8) is 0 Å². The number of benzene rings is 2. The van der Waals surface area contributed by atoms with Crippen molar-refractivity contribution in [2.75, 3.05) is 0 Å². The minimum absolute atomic E-state index is 0.257. The zero-order valence-electron chi connectivity index (χ0n) is 10.9. The lowest BCUT2D eigenvalue weighted by Gasteiger charge is -2.15. The van der Waals surface area contributed by atoms with Crippen LogP contribution in [-0.2, 0) is 12.8 Å². The molecule has 0 amide bonds. The van der Waals surface area contributed by atoms with Crippen LogP contribution in [0.3, 0.4) is 0 Å². The standard InChI is InChI=1S/C17H16Br2/c1-11-4-2-7-15(16(11)18)17(19)14-9-8-12-5-3-6-13(12)10-14/h2,4,7-10,17H,3,5-6H2,1H3. The van der Waals surface area contributed by atoms with E-state index in [1.807, 2.05) is 0 Å². The number of alkyl halides is 1.